The number of thioether (sulfide) groups is 1. The average molecular weight is 341 g/mol. The summed E-state index contributed by atoms with van der Waals surface area (Å²) >= 11 is 1.52. The number of carbonyl (C=O) groups excluding carboxylic acids is 1. The highest BCUT2D eigenvalue weighted by molar-refractivity contribution is 7.98. The van der Waals surface area contributed by atoms with Crippen LogP contribution in [0.3, 0.4) is 0 Å². The minimum atomic E-state index is 0.0997. The second-order valence-electron chi connectivity index (χ2n) is 6.12. The van der Waals surface area contributed by atoms with E-state index in [9.17, 15) is 4.79 Å². The SMILES string of the molecule is CSc1ncccc1C(=O)N1CCN(Cc2cccc(C)c2)CC1. The molecule has 0 N–H and O–H groups in total. The van der Waals surface area contributed by atoms with Crippen LogP contribution in [0.5, 0.6) is 0 Å². The van der Waals surface area contributed by atoms with Crippen LogP contribution in [0.4, 0.5) is 0 Å². The van der Waals surface area contributed by atoms with Crippen LogP contribution in [0.15, 0.2) is 47.6 Å². The normalized spacial score (nSPS) is 15.5. The van der Waals surface area contributed by atoms with Gasteiger partial charge in [0.05, 0.1) is 5.56 Å². The van der Waals surface area contributed by atoms with Crippen molar-refractivity contribution in [2.24, 2.45) is 0 Å². The quantitative estimate of drug-likeness (QED) is 0.801. The number of hydrogen-bond donors (Lipinski definition) is 0. The van der Waals surface area contributed by atoms with Gasteiger partial charge in [-0.25, -0.2) is 4.98 Å². The van der Waals surface area contributed by atoms with Gasteiger partial charge in [-0.05, 0) is 30.9 Å². The van der Waals surface area contributed by atoms with Crippen LogP contribution >= 0.6 is 11.8 Å². The Balaban J connectivity index is 1.59. The molecular formula is C19H23N3OS. The molecule has 126 valence electrons. The summed E-state index contributed by atoms with van der Waals surface area (Å²) in [4.78, 5) is 21.4. The Morgan fingerprint density at radius 2 is 1.96 bits per heavy atom. The zero-order chi connectivity index (χ0) is 16.9. The summed E-state index contributed by atoms with van der Waals surface area (Å²) in [7, 11) is 0. The van der Waals surface area contributed by atoms with Crippen LogP contribution < -0.4 is 0 Å². The van der Waals surface area contributed by atoms with Crippen LogP contribution in [0.25, 0.3) is 0 Å². The van der Waals surface area contributed by atoms with E-state index in [2.05, 4.69) is 41.1 Å². The summed E-state index contributed by atoms with van der Waals surface area (Å²) in [6.07, 6.45) is 3.70. The Morgan fingerprint density at radius 3 is 2.67 bits per heavy atom. The number of rotatable bonds is 4. The molecule has 1 aliphatic heterocycles. The number of nitrogens with zero attached hydrogens (tertiary/aromatic N) is 3. The Labute approximate surface area is 147 Å². The van der Waals surface area contributed by atoms with Crippen LogP contribution in [0.1, 0.15) is 21.5 Å². The predicted molar refractivity (Wildman–Crippen MR) is 98.4 cm³/mol. The number of carbonyl (C=O) groups is 1. The van der Waals surface area contributed by atoms with E-state index in [4.69, 9.17) is 0 Å². The van der Waals surface area contributed by atoms with Crippen molar-refractivity contribution in [1.82, 2.24) is 14.8 Å². The third-order valence-corrected chi connectivity index (χ3v) is 5.06. The molecule has 0 bridgehead atoms. The van der Waals surface area contributed by atoms with E-state index in [1.165, 1.54) is 22.9 Å². The first-order chi connectivity index (χ1) is 11.7. The molecule has 1 saturated heterocycles. The van der Waals surface area contributed by atoms with E-state index in [1.807, 2.05) is 23.3 Å². The van der Waals surface area contributed by atoms with Crippen molar-refractivity contribution in [3.05, 3.63) is 59.3 Å². The number of hydrogen-bond acceptors (Lipinski definition) is 4. The Bertz CT molecular complexity index is 711. The molecule has 1 aromatic carbocycles. The Morgan fingerprint density at radius 1 is 1.17 bits per heavy atom. The third kappa shape index (κ3) is 3.97. The van der Waals surface area contributed by atoms with Crippen molar-refractivity contribution in [3.8, 4) is 0 Å². The summed E-state index contributed by atoms with van der Waals surface area (Å²) in [5.41, 5.74) is 3.35. The zero-order valence-corrected chi connectivity index (χ0v) is 15.1. The summed E-state index contributed by atoms with van der Waals surface area (Å²) in [5.74, 6) is 0.0997. The smallest absolute Gasteiger partial charge is 0.256 e. The van der Waals surface area contributed by atoms with Crippen molar-refractivity contribution >= 4 is 17.7 Å². The first-order valence-electron chi connectivity index (χ1n) is 8.23. The van der Waals surface area contributed by atoms with Gasteiger partial charge in [-0.1, -0.05) is 29.8 Å². The van der Waals surface area contributed by atoms with E-state index in [1.54, 1.807) is 6.20 Å². The molecule has 1 amide bonds. The molecular weight excluding hydrogens is 318 g/mol. The van der Waals surface area contributed by atoms with Crippen molar-refractivity contribution < 1.29 is 4.79 Å². The number of benzene rings is 1. The minimum Gasteiger partial charge on any atom is -0.336 e. The molecule has 0 aliphatic carbocycles. The summed E-state index contributed by atoms with van der Waals surface area (Å²) in [6, 6.07) is 12.3. The molecule has 0 saturated carbocycles. The number of piperazine rings is 1. The van der Waals surface area contributed by atoms with Gasteiger partial charge < -0.3 is 4.90 Å². The lowest BCUT2D eigenvalue weighted by Gasteiger charge is -2.35. The third-order valence-electron chi connectivity index (χ3n) is 4.34. The Hall–Kier alpha value is -1.85. The summed E-state index contributed by atoms with van der Waals surface area (Å²) in [6.45, 7) is 6.44. The van der Waals surface area contributed by atoms with Crippen molar-refractivity contribution in [2.75, 3.05) is 32.4 Å². The Kier molecular flexibility index (Phi) is 5.53. The van der Waals surface area contributed by atoms with Crippen molar-refractivity contribution in [3.63, 3.8) is 0 Å². The lowest BCUT2D eigenvalue weighted by molar-refractivity contribution is 0.0624. The first-order valence-corrected chi connectivity index (χ1v) is 9.46. The maximum Gasteiger partial charge on any atom is 0.256 e. The number of amides is 1. The fourth-order valence-corrected chi connectivity index (χ4v) is 3.61. The van der Waals surface area contributed by atoms with Gasteiger partial charge in [-0.3, -0.25) is 9.69 Å². The summed E-state index contributed by atoms with van der Waals surface area (Å²) in [5, 5.41) is 0.810. The van der Waals surface area contributed by atoms with E-state index in [-0.39, 0.29) is 5.91 Å². The van der Waals surface area contributed by atoms with Crippen LogP contribution in [0, 0.1) is 6.92 Å². The second kappa shape index (κ2) is 7.81. The van der Waals surface area contributed by atoms with Gasteiger partial charge in [0, 0.05) is 38.9 Å². The highest BCUT2D eigenvalue weighted by Crippen LogP contribution is 2.19. The molecule has 2 aromatic rings. The maximum absolute atomic E-state index is 12.7. The lowest BCUT2D eigenvalue weighted by atomic mass is 10.1. The molecule has 3 rings (SSSR count). The van der Waals surface area contributed by atoms with Crippen LogP contribution in [-0.4, -0.2) is 53.1 Å². The number of aromatic nitrogens is 1. The standard InChI is InChI=1S/C19H23N3OS/c1-15-5-3-6-16(13-15)14-21-9-11-22(12-10-21)19(23)17-7-4-8-20-18(17)24-2/h3-8,13H,9-12,14H2,1-2H3. The van der Waals surface area contributed by atoms with Gasteiger partial charge >= 0.3 is 0 Å². The second-order valence-corrected chi connectivity index (χ2v) is 6.91. The molecule has 1 fully saturated rings. The van der Waals surface area contributed by atoms with E-state index in [0.717, 1.165) is 43.3 Å². The molecule has 5 heteroatoms. The van der Waals surface area contributed by atoms with Crippen molar-refractivity contribution in [1.29, 1.82) is 0 Å². The topological polar surface area (TPSA) is 36.4 Å². The van der Waals surface area contributed by atoms with Crippen LogP contribution in [0.2, 0.25) is 0 Å². The van der Waals surface area contributed by atoms with Gasteiger partial charge in [-0.2, -0.15) is 0 Å². The molecule has 0 radical (unpaired) electrons. The van der Waals surface area contributed by atoms with Gasteiger partial charge in [0.25, 0.3) is 5.91 Å². The molecule has 2 heterocycles. The van der Waals surface area contributed by atoms with E-state index in [0.29, 0.717) is 0 Å². The van der Waals surface area contributed by atoms with Gasteiger partial charge in [0.1, 0.15) is 5.03 Å². The van der Waals surface area contributed by atoms with E-state index < -0.39 is 0 Å². The molecule has 0 spiro atoms. The number of aryl methyl sites for hydroxylation is 1. The van der Waals surface area contributed by atoms with Crippen molar-refractivity contribution in [2.45, 2.75) is 18.5 Å². The first kappa shape index (κ1) is 17.0. The highest BCUT2D eigenvalue weighted by atomic mass is 32.2. The lowest BCUT2D eigenvalue weighted by Crippen LogP contribution is -2.48. The fraction of sp³-hybridized carbons (Fsp3) is 0.368. The largest absolute Gasteiger partial charge is 0.336 e. The number of pyridine rings is 1. The highest BCUT2D eigenvalue weighted by Gasteiger charge is 2.24. The molecule has 1 aromatic heterocycles. The maximum atomic E-state index is 12.7. The van der Waals surface area contributed by atoms with Crippen LogP contribution in [-0.2, 0) is 6.54 Å². The molecule has 1 aliphatic rings. The van der Waals surface area contributed by atoms with Gasteiger partial charge in [0.15, 0.2) is 0 Å². The molecule has 4 nitrogen and oxygen atoms in total. The van der Waals surface area contributed by atoms with E-state index >= 15 is 0 Å². The molecule has 0 atom stereocenters. The molecule has 24 heavy (non-hydrogen) atoms. The molecule has 0 unspecified atom stereocenters. The summed E-state index contributed by atoms with van der Waals surface area (Å²) < 4.78 is 0. The monoisotopic (exact) mass is 341 g/mol. The minimum absolute atomic E-state index is 0.0997. The van der Waals surface area contributed by atoms with Gasteiger partial charge in [0.2, 0.25) is 0 Å². The predicted octanol–water partition coefficient (Wildman–Crippen LogP) is 3.07. The van der Waals surface area contributed by atoms with Gasteiger partial charge in [-0.15, -0.1) is 11.8 Å². The zero-order valence-electron chi connectivity index (χ0n) is 14.2. The average Bonchev–Trinajstić information content (AvgIpc) is 2.62. The fourth-order valence-electron chi connectivity index (χ4n) is 3.06.